The first-order chi connectivity index (χ1) is 16.5. The second-order valence-corrected chi connectivity index (χ2v) is 9.01. The van der Waals surface area contributed by atoms with Gasteiger partial charge in [0.2, 0.25) is 11.6 Å². The fourth-order valence-corrected chi connectivity index (χ4v) is 4.48. The van der Waals surface area contributed by atoms with Gasteiger partial charge in [-0.2, -0.15) is 8.78 Å². The minimum atomic E-state index is -1.30. The minimum absolute atomic E-state index is 0.138. The van der Waals surface area contributed by atoms with Gasteiger partial charge in [-0.25, -0.2) is 8.78 Å². The van der Waals surface area contributed by atoms with Gasteiger partial charge in [-0.3, -0.25) is 0 Å². The van der Waals surface area contributed by atoms with Crippen molar-refractivity contribution in [3.05, 3.63) is 47.5 Å². The third-order valence-corrected chi connectivity index (χ3v) is 6.54. The Morgan fingerprint density at radius 2 is 1.26 bits per heavy atom. The fourth-order valence-electron chi connectivity index (χ4n) is 4.48. The molecule has 1 aliphatic carbocycles. The van der Waals surface area contributed by atoms with Crippen LogP contribution < -0.4 is 9.47 Å². The van der Waals surface area contributed by atoms with Gasteiger partial charge in [0, 0.05) is 31.3 Å². The first-order valence-corrected chi connectivity index (χ1v) is 12.2. The Morgan fingerprint density at radius 3 is 1.82 bits per heavy atom. The average molecular weight is 483 g/mol. The maximum absolute atomic E-state index is 14.8. The molecule has 0 unspecified atom stereocenters. The topological polar surface area (TPSA) is 27.7 Å². The van der Waals surface area contributed by atoms with Crippen LogP contribution in [0, 0.1) is 35.1 Å². The fraction of sp³-hybridized carbons (Fsp3) is 0.556. The van der Waals surface area contributed by atoms with Gasteiger partial charge in [-0.15, -0.1) is 0 Å². The molecule has 2 aromatic rings. The van der Waals surface area contributed by atoms with E-state index in [0.717, 1.165) is 31.6 Å². The monoisotopic (exact) mass is 482 g/mol. The molecule has 7 heteroatoms. The molecule has 2 aromatic carbocycles. The van der Waals surface area contributed by atoms with E-state index in [9.17, 15) is 17.6 Å². The lowest BCUT2D eigenvalue weighted by molar-refractivity contribution is 0.170. The quantitative estimate of drug-likeness (QED) is 0.229. The largest absolute Gasteiger partial charge is 0.490 e. The summed E-state index contributed by atoms with van der Waals surface area (Å²) in [6.45, 7) is 3.06. The number of unbranched alkanes of at least 4 members (excludes halogenated alkanes) is 1. The Balaban J connectivity index is 1.64. The molecule has 0 spiro atoms. The zero-order valence-corrected chi connectivity index (χ0v) is 20.0. The van der Waals surface area contributed by atoms with E-state index in [1.807, 2.05) is 0 Å². The van der Waals surface area contributed by atoms with Gasteiger partial charge >= 0.3 is 0 Å². The van der Waals surface area contributed by atoms with Crippen LogP contribution in [0.2, 0.25) is 0 Å². The van der Waals surface area contributed by atoms with Gasteiger partial charge in [-0.05, 0) is 48.9 Å². The van der Waals surface area contributed by atoms with Crippen LogP contribution in [0.15, 0.2) is 24.3 Å². The molecule has 0 radical (unpaired) electrons. The standard InChI is InChI=1S/C27H34F4O3/c1-3-4-6-18-7-9-19(10-8-18)17-34-23-14-12-21(25(29)27(23)31)20-11-13-22(26(30)24(20)28)33-16-5-15-32-2/h11-14,18-19H,3-10,15-17H2,1-2H3. The van der Waals surface area contributed by atoms with E-state index in [0.29, 0.717) is 25.6 Å². The highest BCUT2D eigenvalue weighted by molar-refractivity contribution is 5.67. The van der Waals surface area contributed by atoms with Gasteiger partial charge in [0.1, 0.15) is 0 Å². The van der Waals surface area contributed by atoms with Gasteiger partial charge in [0.05, 0.1) is 13.2 Å². The average Bonchev–Trinajstić information content (AvgIpc) is 2.85. The second-order valence-electron chi connectivity index (χ2n) is 9.01. The molecule has 0 N–H and O–H groups in total. The van der Waals surface area contributed by atoms with Crippen molar-refractivity contribution in [1.82, 2.24) is 0 Å². The molecular weight excluding hydrogens is 448 g/mol. The first-order valence-electron chi connectivity index (χ1n) is 12.2. The molecule has 34 heavy (non-hydrogen) atoms. The highest BCUT2D eigenvalue weighted by Gasteiger charge is 2.24. The van der Waals surface area contributed by atoms with Crippen molar-refractivity contribution in [3.8, 4) is 22.6 Å². The molecule has 3 rings (SSSR count). The normalized spacial score (nSPS) is 18.2. The summed E-state index contributed by atoms with van der Waals surface area (Å²) in [7, 11) is 1.53. The maximum Gasteiger partial charge on any atom is 0.201 e. The summed E-state index contributed by atoms with van der Waals surface area (Å²) in [5.41, 5.74) is -0.751. The zero-order valence-electron chi connectivity index (χ0n) is 20.0. The van der Waals surface area contributed by atoms with Crippen LogP contribution in [0.4, 0.5) is 17.6 Å². The summed E-state index contributed by atoms with van der Waals surface area (Å²) in [4.78, 5) is 0. The Bertz CT molecular complexity index is 927. The van der Waals surface area contributed by atoms with E-state index in [2.05, 4.69) is 6.92 Å². The lowest BCUT2D eigenvalue weighted by Crippen LogP contribution is -2.20. The molecule has 3 nitrogen and oxygen atoms in total. The van der Waals surface area contributed by atoms with Crippen LogP contribution in [-0.4, -0.2) is 26.9 Å². The molecule has 1 fully saturated rings. The number of benzene rings is 2. The Labute approximate surface area is 199 Å². The van der Waals surface area contributed by atoms with Gasteiger partial charge in [-0.1, -0.05) is 39.0 Å². The second kappa shape index (κ2) is 13.0. The minimum Gasteiger partial charge on any atom is -0.490 e. The van der Waals surface area contributed by atoms with Crippen molar-refractivity contribution >= 4 is 0 Å². The number of rotatable bonds is 12. The lowest BCUT2D eigenvalue weighted by Gasteiger charge is -2.28. The number of halogens is 4. The Kier molecular flexibility index (Phi) is 10.1. The molecule has 1 saturated carbocycles. The molecule has 0 heterocycles. The molecule has 0 atom stereocenters. The van der Waals surface area contributed by atoms with Crippen LogP contribution in [0.1, 0.15) is 58.3 Å². The highest BCUT2D eigenvalue weighted by Crippen LogP contribution is 2.36. The van der Waals surface area contributed by atoms with Crippen LogP contribution in [0.5, 0.6) is 11.5 Å². The zero-order chi connectivity index (χ0) is 24.5. The van der Waals surface area contributed by atoms with Crippen LogP contribution in [-0.2, 0) is 4.74 Å². The van der Waals surface area contributed by atoms with E-state index in [4.69, 9.17) is 14.2 Å². The van der Waals surface area contributed by atoms with Crippen LogP contribution >= 0.6 is 0 Å². The molecular formula is C27H34F4O3. The van der Waals surface area contributed by atoms with E-state index < -0.39 is 23.3 Å². The maximum atomic E-state index is 14.8. The molecule has 0 aromatic heterocycles. The smallest absolute Gasteiger partial charge is 0.201 e. The van der Waals surface area contributed by atoms with Gasteiger partial charge in [0.15, 0.2) is 23.1 Å². The van der Waals surface area contributed by atoms with Gasteiger partial charge in [0.25, 0.3) is 0 Å². The van der Waals surface area contributed by atoms with E-state index >= 15 is 0 Å². The number of hydrogen-bond donors (Lipinski definition) is 0. The number of methoxy groups -OCH3 is 1. The van der Waals surface area contributed by atoms with Crippen molar-refractivity contribution in [2.45, 2.75) is 58.3 Å². The first kappa shape index (κ1) is 26.3. The van der Waals surface area contributed by atoms with E-state index in [1.54, 1.807) is 0 Å². The molecule has 0 aliphatic heterocycles. The molecule has 188 valence electrons. The summed E-state index contributed by atoms with van der Waals surface area (Å²) in [5, 5.41) is 0. The van der Waals surface area contributed by atoms with Crippen molar-refractivity contribution < 1.29 is 31.8 Å². The Hall–Kier alpha value is -2.28. The summed E-state index contributed by atoms with van der Waals surface area (Å²) in [6.07, 6.45) is 8.51. The predicted molar refractivity (Wildman–Crippen MR) is 124 cm³/mol. The molecule has 0 bridgehead atoms. The lowest BCUT2D eigenvalue weighted by atomic mass is 9.80. The van der Waals surface area contributed by atoms with E-state index in [1.165, 1.54) is 50.6 Å². The molecule has 0 saturated heterocycles. The number of ether oxygens (including phenoxy) is 3. The van der Waals surface area contributed by atoms with Crippen LogP contribution in [0.25, 0.3) is 11.1 Å². The summed E-state index contributed by atoms with van der Waals surface area (Å²) in [5.74, 6) is -4.46. The molecule has 0 amide bonds. The van der Waals surface area contributed by atoms with Crippen molar-refractivity contribution in [3.63, 3.8) is 0 Å². The Morgan fingerprint density at radius 1 is 0.706 bits per heavy atom. The number of hydrogen-bond acceptors (Lipinski definition) is 3. The summed E-state index contributed by atoms with van der Waals surface area (Å²) in [6, 6.07) is 4.87. The van der Waals surface area contributed by atoms with Crippen molar-refractivity contribution in [1.29, 1.82) is 0 Å². The predicted octanol–water partition coefficient (Wildman–Crippen LogP) is 7.70. The summed E-state index contributed by atoms with van der Waals surface area (Å²) < 4.78 is 74.2. The SMILES string of the molecule is CCCCC1CCC(COc2ccc(-c3ccc(OCCCOC)c(F)c3F)c(F)c2F)CC1. The summed E-state index contributed by atoms with van der Waals surface area (Å²) >= 11 is 0. The highest BCUT2D eigenvalue weighted by atomic mass is 19.2. The van der Waals surface area contributed by atoms with Crippen LogP contribution in [0.3, 0.4) is 0 Å². The van der Waals surface area contributed by atoms with E-state index in [-0.39, 0.29) is 29.2 Å². The third kappa shape index (κ3) is 6.65. The van der Waals surface area contributed by atoms with Crippen molar-refractivity contribution in [2.75, 3.05) is 26.9 Å². The molecule has 1 aliphatic rings. The van der Waals surface area contributed by atoms with Gasteiger partial charge < -0.3 is 14.2 Å². The van der Waals surface area contributed by atoms with Crippen molar-refractivity contribution in [2.24, 2.45) is 11.8 Å². The third-order valence-electron chi connectivity index (χ3n) is 6.54.